The van der Waals surface area contributed by atoms with Crippen molar-refractivity contribution in [3.63, 3.8) is 0 Å². The fraction of sp³-hybridized carbons (Fsp3) is 0.692. The third kappa shape index (κ3) is 8.89. The minimum Gasteiger partial charge on any atom is -0.481 e. The van der Waals surface area contributed by atoms with Gasteiger partial charge < -0.3 is 10.2 Å². The second-order valence-electron chi connectivity index (χ2n) is 9.50. The first-order valence-electron chi connectivity index (χ1n) is 11.8. The molecule has 1 rings (SSSR count). The van der Waals surface area contributed by atoms with Crippen LogP contribution >= 0.6 is 0 Å². The molecule has 0 amide bonds. The Labute approximate surface area is 183 Å². The number of benzene rings is 1. The Morgan fingerprint density at radius 3 is 1.77 bits per heavy atom. The maximum Gasteiger partial charge on any atom is 0.310 e. The van der Waals surface area contributed by atoms with E-state index < -0.39 is 23.8 Å². The van der Waals surface area contributed by atoms with Crippen LogP contribution in [-0.4, -0.2) is 22.2 Å². The summed E-state index contributed by atoms with van der Waals surface area (Å²) in [6.45, 7) is 10.5. The zero-order valence-electron chi connectivity index (χ0n) is 19.6. The minimum absolute atomic E-state index is 0.406. The zero-order valence-corrected chi connectivity index (χ0v) is 19.6. The molecule has 170 valence electrons. The number of hydrogen-bond donors (Lipinski definition) is 2. The van der Waals surface area contributed by atoms with Crippen molar-refractivity contribution in [2.45, 2.75) is 104 Å². The summed E-state index contributed by atoms with van der Waals surface area (Å²) in [5, 5.41) is 19.9. The Kier molecular flexibility index (Phi) is 11.8. The number of carboxylic acid groups (broad SMARTS) is 2. The van der Waals surface area contributed by atoms with Crippen LogP contribution in [0.25, 0.3) is 0 Å². The molecule has 2 atom stereocenters. The van der Waals surface area contributed by atoms with E-state index >= 15 is 0 Å². The molecular weight excluding hydrogens is 376 g/mol. The quantitative estimate of drug-likeness (QED) is 0.300. The molecule has 1 aromatic carbocycles. The van der Waals surface area contributed by atoms with Gasteiger partial charge in [-0.3, -0.25) is 9.59 Å². The lowest BCUT2D eigenvalue weighted by Gasteiger charge is -2.23. The van der Waals surface area contributed by atoms with Crippen LogP contribution in [0.4, 0.5) is 0 Å². The smallest absolute Gasteiger partial charge is 0.310 e. The third-order valence-electron chi connectivity index (χ3n) is 5.88. The van der Waals surface area contributed by atoms with Gasteiger partial charge in [0.15, 0.2) is 0 Å². The Morgan fingerprint density at radius 1 is 0.767 bits per heavy atom. The molecule has 0 spiro atoms. The van der Waals surface area contributed by atoms with Crippen LogP contribution in [-0.2, 0) is 16.0 Å². The Bertz CT molecular complexity index is 663. The summed E-state index contributed by atoms with van der Waals surface area (Å²) in [5.74, 6) is -2.21. The van der Waals surface area contributed by atoms with Gasteiger partial charge in [0.05, 0.1) is 11.8 Å². The van der Waals surface area contributed by atoms with Gasteiger partial charge in [0, 0.05) is 0 Å². The van der Waals surface area contributed by atoms with E-state index in [-0.39, 0.29) is 0 Å². The number of unbranched alkanes of at least 4 members (excludes halogenated alkanes) is 3. The molecule has 0 bridgehead atoms. The zero-order chi connectivity index (χ0) is 22.7. The summed E-state index contributed by atoms with van der Waals surface area (Å²) < 4.78 is 0. The van der Waals surface area contributed by atoms with Crippen LogP contribution < -0.4 is 0 Å². The molecule has 0 radical (unpaired) electrons. The van der Waals surface area contributed by atoms with Crippen molar-refractivity contribution >= 4 is 11.9 Å². The first-order chi connectivity index (χ1) is 14.2. The maximum absolute atomic E-state index is 12.2. The van der Waals surface area contributed by atoms with Gasteiger partial charge in [0.25, 0.3) is 0 Å². The molecule has 4 nitrogen and oxygen atoms in total. The van der Waals surface area contributed by atoms with E-state index in [2.05, 4.69) is 34.6 Å². The molecule has 0 heterocycles. The summed E-state index contributed by atoms with van der Waals surface area (Å²) in [6, 6.07) is 5.90. The van der Waals surface area contributed by atoms with Crippen molar-refractivity contribution in [1.82, 2.24) is 0 Å². The fourth-order valence-corrected chi connectivity index (χ4v) is 3.98. The van der Waals surface area contributed by atoms with Crippen LogP contribution in [0.2, 0.25) is 0 Å². The molecule has 4 heteroatoms. The van der Waals surface area contributed by atoms with Crippen LogP contribution in [0.5, 0.6) is 0 Å². The number of aliphatic carboxylic acids is 2. The van der Waals surface area contributed by atoms with Crippen LogP contribution in [0.3, 0.4) is 0 Å². The summed E-state index contributed by atoms with van der Waals surface area (Å²) in [4.78, 5) is 24.3. The number of rotatable bonds is 15. The Morgan fingerprint density at radius 2 is 1.30 bits per heavy atom. The number of hydrogen-bond acceptors (Lipinski definition) is 2. The van der Waals surface area contributed by atoms with E-state index in [9.17, 15) is 19.8 Å². The highest BCUT2D eigenvalue weighted by atomic mass is 16.4. The topological polar surface area (TPSA) is 74.6 Å². The molecule has 0 aliphatic carbocycles. The molecular formula is C26H42O4. The van der Waals surface area contributed by atoms with E-state index in [4.69, 9.17) is 0 Å². The van der Waals surface area contributed by atoms with Crippen LogP contribution in [0, 0.1) is 11.8 Å². The Balaban J connectivity index is 3.31. The van der Waals surface area contributed by atoms with Gasteiger partial charge in [-0.25, -0.2) is 0 Å². The average Bonchev–Trinajstić information content (AvgIpc) is 2.65. The number of aryl methyl sites for hydroxylation is 1. The monoisotopic (exact) mass is 418 g/mol. The predicted octanol–water partition coefficient (Wildman–Crippen LogP) is 7.02. The molecule has 2 N–H and O–H groups in total. The average molecular weight is 419 g/mol. The second-order valence-corrected chi connectivity index (χ2v) is 9.50. The molecule has 1 aromatic rings. The van der Waals surface area contributed by atoms with Crippen LogP contribution in [0.1, 0.15) is 115 Å². The van der Waals surface area contributed by atoms with Crippen molar-refractivity contribution < 1.29 is 19.8 Å². The summed E-state index contributed by atoms with van der Waals surface area (Å²) in [6.07, 6.45) is 8.21. The van der Waals surface area contributed by atoms with Gasteiger partial charge in [-0.2, -0.15) is 0 Å². The van der Waals surface area contributed by atoms with Gasteiger partial charge in [0.2, 0.25) is 0 Å². The lowest BCUT2D eigenvalue weighted by atomic mass is 9.80. The van der Waals surface area contributed by atoms with Crippen LogP contribution in [0.15, 0.2) is 18.2 Å². The highest BCUT2D eigenvalue weighted by molar-refractivity contribution is 5.80. The Hall–Kier alpha value is -1.84. The molecule has 0 aliphatic heterocycles. The molecule has 30 heavy (non-hydrogen) atoms. The van der Waals surface area contributed by atoms with E-state index in [0.717, 1.165) is 37.7 Å². The van der Waals surface area contributed by atoms with Gasteiger partial charge >= 0.3 is 11.9 Å². The maximum atomic E-state index is 12.2. The van der Waals surface area contributed by atoms with Gasteiger partial charge in [-0.15, -0.1) is 0 Å². The molecule has 0 fully saturated rings. The molecule has 0 aromatic heterocycles. The highest BCUT2D eigenvalue weighted by Crippen LogP contribution is 2.35. The van der Waals surface area contributed by atoms with Crippen molar-refractivity contribution in [3.05, 3.63) is 34.9 Å². The summed E-state index contributed by atoms with van der Waals surface area (Å²) in [5.41, 5.74) is 2.53. The highest BCUT2D eigenvalue weighted by Gasteiger charge is 2.29. The lowest BCUT2D eigenvalue weighted by molar-refractivity contribution is -0.140. The minimum atomic E-state index is -0.861. The van der Waals surface area contributed by atoms with E-state index in [1.807, 2.05) is 18.2 Å². The lowest BCUT2D eigenvalue weighted by Crippen LogP contribution is -2.20. The fourth-order valence-electron chi connectivity index (χ4n) is 3.98. The van der Waals surface area contributed by atoms with Gasteiger partial charge in [0.1, 0.15) is 0 Å². The second kappa shape index (κ2) is 13.5. The van der Waals surface area contributed by atoms with E-state index in [1.54, 1.807) is 0 Å². The number of carboxylic acids is 2. The molecule has 0 aliphatic rings. The summed E-state index contributed by atoms with van der Waals surface area (Å²) in [7, 11) is 0. The van der Waals surface area contributed by atoms with E-state index in [0.29, 0.717) is 35.8 Å². The van der Waals surface area contributed by atoms with Crippen molar-refractivity contribution in [1.29, 1.82) is 0 Å². The molecule has 2 unspecified atom stereocenters. The van der Waals surface area contributed by atoms with Crippen molar-refractivity contribution in [2.24, 2.45) is 11.8 Å². The normalized spacial score (nSPS) is 13.6. The molecule has 0 saturated heterocycles. The van der Waals surface area contributed by atoms with Crippen molar-refractivity contribution in [3.8, 4) is 0 Å². The first kappa shape index (κ1) is 26.2. The van der Waals surface area contributed by atoms with Gasteiger partial charge in [-0.05, 0) is 67.1 Å². The molecule has 0 saturated carbocycles. The summed E-state index contributed by atoms with van der Waals surface area (Å²) >= 11 is 0. The number of carbonyl (C=O) groups is 2. The first-order valence-corrected chi connectivity index (χ1v) is 11.8. The van der Waals surface area contributed by atoms with Gasteiger partial charge in [-0.1, -0.05) is 72.1 Å². The third-order valence-corrected chi connectivity index (χ3v) is 5.88. The van der Waals surface area contributed by atoms with E-state index in [1.165, 1.54) is 12.8 Å². The largest absolute Gasteiger partial charge is 0.481 e. The SMILES string of the molecule is CCCCCCc1ccc(C(CCC(C)C)C(=O)O)c(C(CCC(C)C)C(=O)O)c1. The predicted molar refractivity (Wildman–Crippen MR) is 123 cm³/mol. The van der Waals surface area contributed by atoms with Crippen molar-refractivity contribution in [2.75, 3.05) is 0 Å². The standard InChI is InChI=1S/C26H42O4/c1-6-7-8-9-10-20-13-16-21(22(25(27)28)14-11-18(2)3)24(17-20)23(26(29)30)15-12-19(4)5/h13,16-19,22-23H,6-12,14-15H2,1-5H3,(H,27,28)(H,29,30).